The first kappa shape index (κ1) is 28.0. The molecule has 0 saturated carbocycles. The number of aromatic nitrogens is 1. The highest BCUT2D eigenvalue weighted by molar-refractivity contribution is 5.83. The molecule has 2 nitrogen and oxygen atoms in total. The van der Waals surface area contributed by atoms with E-state index in [0.29, 0.717) is 10.8 Å². The molecule has 0 bridgehead atoms. The van der Waals surface area contributed by atoms with Gasteiger partial charge in [0.25, 0.3) is 0 Å². The van der Waals surface area contributed by atoms with E-state index in [1.807, 2.05) is 0 Å². The zero-order chi connectivity index (χ0) is 24.6. The van der Waals surface area contributed by atoms with Gasteiger partial charge in [-0.15, -0.1) is 0 Å². The number of benzene rings is 1. The van der Waals surface area contributed by atoms with E-state index in [9.17, 15) is 0 Å². The molecule has 1 aromatic heterocycles. The molecule has 1 heterocycles. The van der Waals surface area contributed by atoms with Gasteiger partial charge in [-0.05, 0) is 85.3 Å². The number of para-hydroxylation sites is 1. The minimum Gasteiger partial charge on any atom is -0.361 e. The molecule has 0 amide bonds. The molecule has 0 aliphatic rings. The molecule has 0 aliphatic heterocycles. The zero-order valence-corrected chi connectivity index (χ0v) is 23.4. The minimum atomic E-state index is 0.428. The van der Waals surface area contributed by atoms with Crippen LogP contribution in [0.1, 0.15) is 100.0 Å². The minimum absolute atomic E-state index is 0.428. The predicted molar refractivity (Wildman–Crippen MR) is 148 cm³/mol. The predicted octanol–water partition coefficient (Wildman–Crippen LogP) is 8.96. The Bertz CT molecular complexity index is 804. The Labute approximate surface area is 205 Å². The number of fused-ring (bicyclic) bond motifs is 1. The fourth-order valence-corrected chi connectivity index (χ4v) is 6.05. The topological polar surface area (TPSA) is 19.0 Å². The van der Waals surface area contributed by atoms with Gasteiger partial charge in [0.15, 0.2) is 0 Å². The van der Waals surface area contributed by atoms with Crippen molar-refractivity contribution in [2.45, 2.75) is 101 Å². The van der Waals surface area contributed by atoms with Crippen LogP contribution in [0.4, 0.5) is 0 Å². The largest absolute Gasteiger partial charge is 0.361 e. The quantitative estimate of drug-likeness (QED) is 0.320. The number of hydrogen-bond acceptors (Lipinski definition) is 1. The van der Waals surface area contributed by atoms with Crippen LogP contribution in [0.3, 0.4) is 0 Å². The van der Waals surface area contributed by atoms with Gasteiger partial charge >= 0.3 is 0 Å². The average Bonchev–Trinajstić information content (AvgIpc) is 3.06. The van der Waals surface area contributed by atoms with Gasteiger partial charge in [0.1, 0.15) is 0 Å². The van der Waals surface area contributed by atoms with Crippen molar-refractivity contribution in [3.8, 4) is 0 Å². The van der Waals surface area contributed by atoms with Gasteiger partial charge in [0.05, 0.1) is 0 Å². The molecule has 0 saturated heterocycles. The second kappa shape index (κ2) is 12.4. The third-order valence-electron chi connectivity index (χ3n) is 6.84. The molecule has 1 aromatic carbocycles. The molecule has 3 unspecified atom stereocenters. The summed E-state index contributed by atoms with van der Waals surface area (Å²) in [7, 11) is 0. The van der Waals surface area contributed by atoms with Gasteiger partial charge in [-0.2, -0.15) is 0 Å². The van der Waals surface area contributed by atoms with E-state index in [1.54, 1.807) is 0 Å². The summed E-state index contributed by atoms with van der Waals surface area (Å²) in [5.41, 5.74) is 3.59. The van der Waals surface area contributed by atoms with Crippen LogP contribution in [0.5, 0.6) is 0 Å². The summed E-state index contributed by atoms with van der Waals surface area (Å²) in [6.07, 6.45) is 9.99. The number of nitrogens with zero attached hydrogens (tertiary/aromatic N) is 1. The maximum absolute atomic E-state index is 3.46. The van der Waals surface area contributed by atoms with Crippen LogP contribution in [-0.2, 0) is 6.42 Å². The summed E-state index contributed by atoms with van der Waals surface area (Å²) in [6, 6.07) is 8.73. The van der Waals surface area contributed by atoms with Crippen LogP contribution < -0.4 is 0 Å². The Kier molecular flexibility index (Phi) is 10.5. The van der Waals surface area contributed by atoms with Crippen LogP contribution in [0.2, 0.25) is 0 Å². The molecular weight excluding hydrogens is 400 g/mol. The van der Waals surface area contributed by atoms with E-state index in [0.717, 1.165) is 30.7 Å². The highest BCUT2D eigenvalue weighted by atomic mass is 15.1. The second-order valence-electron chi connectivity index (χ2n) is 13.6. The Hall–Kier alpha value is -1.28. The molecule has 2 heteroatoms. The first-order valence-electron chi connectivity index (χ1n) is 13.6. The third-order valence-corrected chi connectivity index (χ3v) is 6.84. The Balaban J connectivity index is 1.94. The fourth-order valence-electron chi connectivity index (χ4n) is 6.05. The number of nitrogens with one attached hydrogen (secondary N) is 1. The first-order chi connectivity index (χ1) is 15.3. The lowest BCUT2D eigenvalue weighted by molar-refractivity contribution is 0.198. The van der Waals surface area contributed by atoms with Crippen molar-refractivity contribution in [1.29, 1.82) is 0 Å². The molecule has 188 valence electrons. The molecule has 0 spiro atoms. The number of hydrogen-bond donors (Lipinski definition) is 1. The third kappa shape index (κ3) is 11.1. The highest BCUT2D eigenvalue weighted by Gasteiger charge is 2.20. The molecule has 0 fully saturated rings. The van der Waals surface area contributed by atoms with Crippen molar-refractivity contribution < 1.29 is 0 Å². The molecule has 2 aromatic rings. The van der Waals surface area contributed by atoms with Crippen LogP contribution in [-0.4, -0.2) is 29.5 Å². The molecule has 2 rings (SSSR count). The van der Waals surface area contributed by atoms with Crippen molar-refractivity contribution in [3.63, 3.8) is 0 Å². The normalized spacial score (nSPS) is 15.8. The number of aromatic amines is 1. The number of rotatable bonds is 13. The molecule has 0 radical (unpaired) electrons. The van der Waals surface area contributed by atoms with Crippen LogP contribution in [0, 0.1) is 28.6 Å². The van der Waals surface area contributed by atoms with Crippen molar-refractivity contribution >= 4 is 10.9 Å². The zero-order valence-electron chi connectivity index (χ0n) is 23.4. The second-order valence-corrected chi connectivity index (χ2v) is 13.6. The first-order valence-corrected chi connectivity index (χ1v) is 13.6. The molecule has 1 N–H and O–H groups in total. The maximum atomic E-state index is 3.46. The van der Waals surface area contributed by atoms with Crippen molar-refractivity contribution in [2.75, 3.05) is 19.6 Å². The lowest BCUT2D eigenvalue weighted by Gasteiger charge is -2.30. The van der Waals surface area contributed by atoms with Crippen LogP contribution in [0.25, 0.3) is 10.9 Å². The van der Waals surface area contributed by atoms with Gasteiger partial charge in [0.2, 0.25) is 0 Å². The summed E-state index contributed by atoms with van der Waals surface area (Å²) in [5, 5.41) is 1.39. The van der Waals surface area contributed by atoms with E-state index in [1.165, 1.54) is 61.7 Å². The van der Waals surface area contributed by atoms with Crippen molar-refractivity contribution in [2.24, 2.45) is 28.6 Å². The Morgan fingerprint density at radius 1 is 0.818 bits per heavy atom. The molecule has 3 atom stereocenters. The standard InChI is InChI=1S/C31H54N2/c1-24(20-30(4,5)6)13-12-17-33(23-26(3)19-25(2)21-31(7,8)9)18-16-27-22-32-29-15-11-10-14-28(27)29/h10-11,14-15,22,24-26,32H,12-13,16-21,23H2,1-9H3. The summed E-state index contributed by atoms with van der Waals surface area (Å²) < 4.78 is 0. The number of H-pyrrole nitrogens is 1. The monoisotopic (exact) mass is 454 g/mol. The maximum Gasteiger partial charge on any atom is 0.0456 e. The summed E-state index contributed by atoms with van der Waals surface area (Å²) in [4.78, 5) is 6.23. The molecule has 33 heavy (non-hydrogen) atoms. The van der Waals surface area contributed by atoms with Crippen molar-refractivity contribution in [1.82, 2.24) is 9.88 Å². The van der Waals surface area contributed by atoms with Crippen LogP contribution >= 0.6 is 0 Å². The SMILES string of the molecule is CC(CC(C)CC(C)(C)C)CN(CCCC(C)CC(C)(C)C)CCc1c[nH]c2ccccc12. The Morgan fingerprint density at radius 3 is 2.12 bits per heavy atom. The summed E-state index contributed by atoms with van der Waals surface area (Å²) in [5.74, 6) is 2.35. The van der Waals surface area contributed by atoms with E-state index in [4.69, 9.17) is 0 Å². The highest BCUT2D eigenvalue weighted by Crippen LogP contribution is 2.29. The van der Waals surface area contributed by atoms with Gasteiger partial charge < -0.3 is 9.88 Å². The van der Waals surface area contributed by atoms with E-state index in [2.05, 4.69) is 103 Å². The lowest BCUT2D eigenvalue weighted by Crippen LogP contribution is -2.32. The van der Waals surface area contributed by atoms with Gasteiger partial charge in [-0.25, -0.2) is 0 Å². The molecule has 0 aliphatic carbocycles. The average molecular weight is 455 g/mol. The van der Waals surface area contributed by atoms with Crippen molar-refractivity contribution in [3.05, 3.63) is 36.0 Å². The Morgan fingerprint density at radius 2 is 1.45 bits per heavy atom. The van der Waals surface area contributed by atoms with Crippen LogP contribution in [0.15, 0.2) is 30.5 Å². The van der Waals surface area contributed by atoms with E-state index in [-0.39, 0.29) is 0 Å². The van der Waals surface area contributed by atoms with E-state index >= 15 is 0 Å². The lowest BCUT2D eigenvalue weighted by atomic mass is 9.82. The van der Waals surface area contributed by atoms with Gasteiger partial charge in [-0.3, -0.25) is 0 Å². The fraction of sp³-hybridized carbons (Fsp3) is 0.742. The van der Waals surface area contributed by atoms with Gasteiger partial charge in [-0.1, -0.05) is 80.5 Å². The van der Waals surface area contributed by atoms with Gasteiger partial charge in [0, 0.05) is 30.2 Å². The summed E-state index contributed by atoms with van der Waals surface area (Å²) >= 11 is 0. The summed E-state index contributed by atoms with van der Waals surface area (Å²) in [6.45, 7) is 25.2. The van der Waals surface area contributed by atoms with E-state index < -0.39 is 0 Å². The smallest absolute Gasteiger partial charge is 0.0456 e. The molecular formula is C31H54N2.